The number of hydrogen-bond donors (Lipinski definition) is 1. The lowest BCUT2D eigenvalue weighted by Crippen LogP contribution is -2.29. The fourth-order valence-electron chi connectivity index (χ4n) is 1.36. The van der Waals surface area contributed by atoms with E-state index in [0.29, 0.717) is 12.0 Å². The molecule has 1 rings (SSSR count). The van der Waals surface area contributed by atoms with Crippen LogP contribution in [0.2, 0.25) is 5.02 Å². The van der Waals surface area contributed by atoms with Crippen molar-refractivity contribution in [2.45, 2.75) is 19.4 Å². The van der Waals surface area contributed by atoms with Gasteiger partial charge in [-0.15, -0.1) is 6.42 Å². The van der Waals surface area contributed by atoms with Crippen molar-refractivity contribution in [2.75, 3.05) is 6.54 Å². The first-order valence-electron chi connectivity index (χ1n) is 4.81. The molecule has 1 unspecified atom stereocenters. The van der Waals surface area contributed by atoms with Crippen LogP contribution in [0.25, 0.3) is 0 Å². The molecule has 1 aromatic carbocycles. The largest absolute Gasteiger partial charge is 0.304 e. The van der Waals surface area contributed by atoms with E-state index in [1.165, 1.54) is 6.07 Å². The number of nitrogens with one attached hydrogen (secondary N) is 1. The number of hydrogen-bond acceptors (Lipinski definition) is 1. The standard InChI is InChI=1S/C12H13ClFN/c1-3-10(15-4-2)8-9-6-5-7-11(13)12(9)14/h1,5-7,10,15H,4,8H2,2H3. The van der Waals surface area contributed by atoms with Crippen molar-refractivity contribution >= 4 is 11.6 Å². The molecule has 0 aliphatic carbocycles. The lowest BCUT2D eigenvalue weighted by molar-refractivity contribution is 0.577. The summed E-state index contributed by atoms with van der Waals surface area (Å²) in [4.78, 5) is 0. The molecule has 0 aliphatic rings. The molecule has 0 saturated carbocycles. The molecule has 0 radical (unpaired) electrons. The Balaban J connectivity index is 2.80. The van der Waals surface area contributed by atoms with Gasteiger partial charge in [0.25, 0.3) is 0 Å². The van der Waals surface area contributed by atoms with E-state index in [0.717, 1.165) is 6.54 Å². The van der Waals surface area contributed by atoms with Gasteiger partial charge in [-0.05, 0) is 18.2 Å². The maximum absolute atomic E-state index is 13.5. The Kier molecular flexibility index (Phi) is 4.61. The summed E-state index contributed by atoms with van der Waals surface area (Å²) < 4.78 is 13.5. The van der Waals surface area contributed by atoms with Gasteiger partial charge in [-0.2, -0.15) is 0 Å². The van der Waals surface area contributed by atoms with Crippen LogP contribution in [-0.2, 0) is 6.42 Å². The summed E-state index contributed by atoms with van der Waals surface area (Å²) in [6, 6.07) is 4.80. The Morgan fingerprint density at radius 1 is 1.60 bits per heavy atom. The van der Waals surface area contributed by atoms with Gasteiger partial charge in [0.15, 0.2) is 0 Å². The fraction of sp³-hybridized carbons (Fsp3) is 0.333. The molecule has 3 heteroatoms. The molecule has 1 atom stereocenters. The van der Waals surface area contributed by atoms with E-state index < -0.39 is 0 Å². The van der Waals surface area contributed by atoms with E-state index in [2.05, 4.69) is 11.2 Å². The first-order chi connectivity index (χ1) is 7.19. The summed E-state index contributed by atoms with van der Waals surface area (Å²) >= 11 is 5.67. The monoisotopic (exact) mass is 225 g/mol. The minimum Gasteiger partial charge on any atom is -0.304 e. The third-order valence-electron chi connectivity index (χ3n) is 2.11. The highest BCUT2D eigenvalue weighted by atomic mass is 35.5. The topological polar surface area (TPSA) is 12.0 Å². The first-order valence-corrected chi connectivity index (χ1v) is 5.19. The number of halogens is 2. The highest BCUT2D eigenvalue weighted by Gasteiger charge is 2.10. The molecule has 0 heterocycles. The third kappa shape index (κ3) is 3.23. The summed E-state index contributed by atoms with van der Waals surface area (Å²) in [6.45, 7) is 2.72. The van der Waals surface area contributed by atoms with Crippen LogP contribution < -0.4 is 5.32 Å². The molecule has 1 N–H and O–H groups in total. The van der Waals surface area contributed by atoms with Gasteiger partial charge >= 0.3 is 0 Å². The molecule has 80 valence electrons. The van der Waals surface area contributed by atoms with E-state index in [9.17, 15) is 4.39 Å². The molecule has 0 fully saturated rings. The van der Waals surface area contributed by atoms with Crippen LogP contribution in [0.3, 0.4) is 0 Å². The molecule has 0 spiro atoms. The smallest absolute Gasteiger partial charge is 0.145 e. The fourth-order valence-corrected chi connectivity index (χ4v) is 1.56. The number of rotatable bonds is 4. The van der Waals surface area contributed by atoms with Crippen LogP contribution >= 0.6 is 11.6 Å². The third-order valence-corrected chi connectivity index (χ3v) is 2.40. The van der Waals surface area contributed by atoms with Crippen LogP contribution in [0.4, 0.5) is 4.39 Å². The molecule has 15 heavy (non-hydrogen) atoms. The zero-order valence-corrected chi connectivity index (χ0v) is 9.31. The summed E-state index contributed by atoms with van der Waals surface area (Å²) in [6.07, 6.45) is 5.78. The molecule has 0 saturated heterocycles. The SMILES string of the molecule is C#CC(Cc1cccc(Cl)c1F)NCC. The molecular formula is C12H13ClFN. The van der Waals surface area contributed by atoms with Crippen LogP contribution in [0, 0.1) is 18.2 Å². The zero-order chi connectivity index (χ0) is 11.3. The molecule has 1 nitrogen and oxygen atoms in total. The number of terminal acetylenes is 1. The van der Waals surface area contributed by atoms with Gasteiger partial charge in [0.1, 0.15) is 5.82 Å². The average molecular weight is 226 g/mol. The second-order valence-electron chi connectivity index (χ2n) is 3.19. The Labute approximate surface area is 94.6 Å². The number of likely N-dealkylation sites (N-methyl/N-ethyl adjacent to an activating group) is 1. The van der Waals surface area contributed by atoms with Crippen LogP contribution in [0.15, 0.2) is 18.2 Å². The van der Waals surface area contributed by atoms with Crippen molar-refractivity contribution < 1.29 is 4.39 Å². The van der Waals surface area contributed by atoms with E-state index in [4.69, 9.17) is 18.0 Å². The second kappa shape index (κ2) is 5.75. The van der Waals surface area contributed by atoms with Crippen molar-refractivity contribution in [1.29, 1.82) is 0 Å². The Morgan fingerprint density at radius 3 is 2.93 bits per heavy atom. The summed E-state index contributed by atoms with van der Waals surface area (Å²) in [5.74, 6) is 2.20. The highest BCUT2D eigenvalue weighted by molar-refractivity contribution is 6.30. The Hall–Kier alpha value is -1.04. The highest BCUT2D eigenvalue weighted by Crippen LogP contribution is 2.18. The molecular weight excluding hydrogens is 213 g/mol. The average Bonchev–Trinajstić information content (AvgIpc) is 2.24. The Bertz CT molecular complexity index is 370. The molecule has 1 aromatic rings. The van der Waals surface area contributed by atoms with Gasteiger partial charge in [0.05, 0.1) is 11.1 Å². The van der Waals surface area contributed by atoms with E-state index >= 15 is 0 Å². The van der Waals surface area contributed by atoms with Crippen LogP contribution in [0.5, 0.6) is 0 Å². The second-order valence-corrected chi connectivity index (χ2v) is 3.60. The predicted octanol–water partition coefficient (Wildman–Crippen LogP) is 2.63. The minimum absolute atomic E-state index is 0.139. The maximum Gasteiger partial charge on any atom is 0.145 e. The van der Waals surface area contributed by atoms with Gasteiger partial charge in [0.2, 0.25) is 0 Å². The van der Waals surface area contributed by atoms with Crippen LogP contribution in [-0.4, -0.2) is 12.6 Å². The normalized spacial score (nSPS) is 12.1. The summed E-state index contributed by atoms with van der Waals surface area (Å²) in [5, 5.41) is 3.22. The first kappa shape index (κ1) is 12.0. The van der Waals surface area contributed by atoms with Gasteiger partial charge < -0.3 is 5.32 Å². The quantitative estimate of drug-likeness (QED) is 0.777. The van der Waals surface area contributed by atoms with Crippen molar-refractivity contribution in [2.24, 2.45) is 0 Å². The maximum atomic E-state index is 13.5. The van der Waals surface area contributed by atoms with Crippen molar-refractivity contribution in [3.05, 3.63) is 34.6 Å². The van der Waals surface area contributed by atoms with Gasteiger partial charge in [-0.3, -0.25) is 0 Å². The van der Waals surface area contributed by atoms with Crippen LogP contribution in [0.1, 0.15) is 12.5 Å². The Morgan fingerprint density at radius 2 is 2.33 bits per heavy atom. The van der Waals surface area contributed by atoms with Crippen molar-refractivity contribution in [3.8, 4) is 12.3 Å². The van der Waals surface area contributed by atoms with Gasteiger partial charge in [-0.25, -0.2) is 4.39 Å². The lowest BCUT2D eigenvalue weighted by atomic mass is 10.1. The van der Waals surface area contributed by atoms with Gasteiger partial charge in [0, 0.05) is 6.42 Å². The minimum atomic E-state index is -0.377. The van der Waals surface area contributed by atoms with Crippen molar-refractivity contribution in [1.82, 2.24) is 5.32 Å². The van der Waals surface area contributed by atoms with E-state index in [1.54, 1.807) is 12.1 Å². The summed E-state index contributed by atoms with van der Waals surface area (Å²) in [5.41, 5.74) is 0.548. The van der Waals surface area contributed by atoms with Crippen molar-refractivity contribution in [3.63, 3.8) is 0 Å². The van der Waals surface area contributed by atoms with Gasteiger partial charge in [-0.1, -0.05) is 36.6 Å². The molecule has 0 bridgehead atoms. The summed E-state index contributed by atoms with van der Waals surface area (Å²) in [7, 11) is 0. The molecule has 0 aliphatic heterocycles. The van der Waals surface area contributed by atoms with E-state index in [1.807, 2.05) is 6.92 Å². The van der Waals surface area contributed by atoms with E-state index in [-0.39, 0.29) is 16.9 Å². The number of benzene rings is 1. The molecule has 0 aromatic heterocycles. The lowest BCUT2D eigenvalue weighted by Gasteiger charge is -2.12. The predicted molar refractivity (Wildman–Crippen MR) is 61.4 cm³/mol. The molecule has 0 amide bonds. The zero-order valence-electron chi connectivity index (χ0n) is 8.56.